The second-order valence-corrected chi connectivity index (χ2v) is 4.64. The van der Waals surface area contributed by atoms with Crippen LogP contribution >= 0.6 is 0 Å². The highest BCUT2D eigenvalue weighted by molar-refractivity contribution is 6.01. The molecule has 0 aliphatic heterocycles. The molecule has 0 spiro atoms. The van der Waals surface area contributed by atoms with Crippen LogP contribution in [0.5, 0.6) is 5.75 Å². The molecule has 0 aliphatic carbocycles. The maximum Gasteiger partial charge on any atom is 0.124 e. The van der Waals surface area contributed by atoms with E-state index in [1.807, 2.05) is 57.2 Å². The number of para-hydroxylation sites is 1. The summed E-state index contributed by atoms with van der Waals surface area (Å²) in [6.07, 6.45) is 0. The molecule has 0 atom stereocenters. The number of anilines is 1. The van der Waals surface area contributed by atoms with Crippen molar-refractivity contribution in [2.24, 2.45) is 5.10 Å². The summed E-state index contributed by atoms with van der Waals surface area (Å²) >= 11 is 0. The first-order chi connectivity index (χ1) is 9.08. The van der Waals surface area contributed by atoms with Crippen molar-refractivity contribution in [1.29, 1.82) is 0 Å². The Hall–Kier alpha value is -2.29. The molecule has 2 rings (SSSR count). The summed E-state index contributed by atoms with van der Waals surface area (Å²) in [5.41, 5.74) is 7.73. The van der Waals surface area contributed by atoms with Gasteiger partial charge in [0.25, 0.3) is 0 Å². The Labute approximate surface area is 113 Å². The molecule has 0 radical (unpaired) electrons. The zero-order chi connectivity index (χ0) is 13.8. The second kappa shape index (κ2) is 5.57. The van der Waals surface area contributed by atoms with Crippen LogP contribution in [0.15, 0.2) is 47.6 Å². The van der Waals surface area contributed by atoms with E-state index >= 15 is 0 Å². The highest BCUT2D eigenvalue weighted by Gasteiger charge is 2.05. The van der Waals surface area contributed by atoms with Gasteiger partial charge in [0.2, 0.25) is 0 Å². The van der Waals surface area contributed by atoms with E-state index in [0.717, 1.165) is 28.1 Å². The Kier molecular flexibility index (Phi) is 3.85. The van der Waals surface area contributed by atoms with Crippen LogP contribution in [-0.4, -0.2) is 10.8 Å². The molecular weight excluding hydrogens is 236 g/mol. The van der Waals surface area contributed by atoms with Gasteiger partial charge in [0.05, 0.1) is 11.4 Å². The topological polar surface area (TPSA) is 44.6 Å². The average molecular weight is 254 g/mol. The van der Waals surface area contributed by atoms with Crippen LogP contribution in [-0.2, 0) is 0 Å². The number of aromatic hydroxyl groups is 1. The summed E-state index contributed by atoms with van der Waals surface area (Å²) in [4.78, 5) is 0. The number of hydrogen-bond acceptors (Lipinski definition) is 3. The van der Waals surface area contributed by atoms with Crippen molar-refractivity contribution >= 4 is 11.4 Å². The average Bonchev–Trinajstić information content (AvgIpc) is 2.40. The standard InChI is InChI=1S/C16H18N2O/c1-11-8-9-16(19)14(10-11)13(3)17-18-15-7-5-4-6-12(15)2/h4-10,18-19H,1-3H3/b17-13+. The van der Waals surface area contributed by atoms with E-state index in [4.69, 9.17) is 0 Å². The normalized spacial score (nSPS) is 11.4. The lowest BCUT2D eigenvalue weighted by Gasteiger charge is -2.08. The minimum atomic E-state index is 0.249. The third kappa shape index (κ3) is 3.13. The Morgan fingerprint density at radius 1 is 1.11 bits per heavy atom. The van der Waals surface area contributed by atoms with E-state index < -0.39 is 0 Å². The van der Waals surface area contributed by atoms with Crippen molar-refractivity contribution in [2.45, 2.75) is 20.8 Å². The van der Waals surface area contributed by atoms with E-state index in [1.54, 1.807) is 6.07 Å². The fraction of sp³-hybridized carbons (Fsp3) is 0.188. The van der Waals surface area contributed by atoms with Crippen molar-refractivity contribution in [1.82, 2.24) is 0 Å². The Morgan fingerprint density at radius 2 is 1.84 bits per heavy atom. The minimum Gasteiger partial charge on any atom is -0.507 e. The van der Waals surface area contributed by atoms with Gasteiger partial charge in [0, 0.05) is 5.56 Å². The third-order valence-electron chi connectivity index (χ3n) is 3.03. The maximum atomic E-state index is 9.85. The summed E-state index contributed by atoms with van der Waals surface area (Å²) in [5.74, 6) is 0.249. The van der Waals surface area contributed by atoms with Crippen LogP contribution in [0.1, 0.15) is 23.6 Å². The first-order valence-electron chi connectivity index (χ1n) is 6.24. The van der Waals surface area contributed by atoms with Gasteiger partial charge in [0.15, 0.2) is 0 Å². The van der Waals surface area contributed by atoms with Gasteiger partial charge >= 0.3 is 0 Å². The number of aryl methyl sites for hydroxylation is 2. The zero-order valence-corrected chi connectivity index (χ0v) is 11.4. The number of benzene rings is 2. The van der Waals surface area contributed by atoms with Crippen LogP contribution in [0.2, 0.25) is 0 Å². The maximum absolute atomic E-state index is 9.85. The van der Waals surface area contributed by atoms with Crippen molar-refractivity contribution in [3.8, 4) is 5.75 Å². The van der Waals surface area contributed by atoms with E-state index in [-0.39, 0.29) is 5.75 Å². The van der Waals surface area contributed by atoms with Crippen molar-refractivity contribution in [3.05, 3.63) is 59.2 Å². The van der Waals surface area contributed by atoms with Crippen LogP contribution in [0, 0.1) is 13.8 Å². The van der Waals surface area contributed by atoms with Gasteiger partial charge in [-0.3, -0.25) is 5.43 Å². The molecule has 0 aliphatic rings. The van der Waals surface area contributed by atoms with Gasteiger partial charge in [-0.2, -0.15) is 5.10 Å². The highest BCUT2D eigenvalue weighted by atomic mass is 16.3. The predicted octanol–water partition coefficient (Wildman–Crippen LogP) is 3.85. The molecule has 3 nitrogen and oxygen atoms in total. The van der Waals surface area contributed by atoms with Crippen molar-refractivity contribution in [2.75, 3.05) is 5.43 Å². The molecule has 98 valence electrons. The van der Waals surface area contributed by atoms with Gasteiger partial charge in [0.1, 0.15) is 5.75 Å². The van der Waals surface area contributed by atoms with Crippen molar-refractivity contribution < 1.29 is 5.11 Å². The van der Waals surface area contributed by atoms with E-state index in [9.17, 15) is 5.11 Å². The predicted molar refractivity (Wildman–Crippen MR) is 79.9 cm³/mol. The molecule has 0 unspecified atom stereocenters. The van der Waals surface area contributed by atoms with Gasteiger partial charge in [-0.05, 0) is 44.5 Å². The molecule has 0 aromatic heterocycles. The molecule has 0 amide bonds. The molecule has 0 fully saturated rings. The zero-order valence-electron chi connectivity index (χ0n) is 11.4. The highest BCUT2D eigenvalue weighted by Crippen LogP contribution is 2.20. The number of phenolic OH excluding ortho intramolecular Hbond substituents is 1. The number of hydrogen-bond donors (Lipinski definition) is 2. The summed E-state index contributed by atoms with van der Waals surface area (Å²) in [6.45, 7) is 5.89. The molecule has 19 heavy (non-hydrogen) atoms. The van der Waals surface area contributed by atoms with E-state index in [0.29, 0.717) is 0 Å². The summed E-state index contributed by atoms with van der Waals surface area (Å²) < 4.78 is 0. The van der Waals surface area contributed by atoms with Gasteiger partial charge in [-0.1, -0.05) is 29.8 Å². The lowest BCUT2D eigenvalue weighted by atomic mass is 10.1. The SMILES string of the molecule is C/C(=N\Nc1ccccc1C)c1cc(C)ccc1O. The summed E-state index contributed by atoms with van der Waals surface area (Å²) in [6, 6.07) is 13.4. The molecule has 2 N–H and O–H groups in total. The molecule has 3 heteroatoms. The Balaban J connectivity index is 2.24. The van der Waals surface area contributed by atoms with E-state index in [1.165, 1.54) is 0 Å². The van der Waals surface area contributed by atoms with Crippen LogP contribution in [0.25, 0.3) is 0 Å². The quantitative estimate of drug-likeness (QED) is 0.645. The molecular formula is C16H18N2O. The molecule has 2 aromatic carbocycles. The van der Waals surface area contributed by atoms with Crippen LogP contribution in [0.4, 0.5) is 5.69 Å². The van der Waals surface area contributed by atoms with E-state index in [2.05, 4.69) is 10.5 Å². The monoisotopic (exact) mass is 254 g/mol. The fourth-order valence-electron chi connectivity index (χ4n) is 1.84. The minimum absolute atomic E-state index is 0.249. The van der Waals surface area contributed by atoms with Gasteiger partial charge in [-0.25, -0.2) is 0 Å². The number of phenols is 1. The molecule has 2 aromatic rings. The number of nitrogens with zero attached hydrogens (tertiary/aromatic N) is 1. The molecule has 0 saturated heterocycles. The smallest absolute Gasteiger partial charge is 0.124 e. The van der Waals surface area contributed by atoms with Crippen LogP contribution in [0.3, 0.4) is 0 Å². The van der Waals surface area contributed by atoms with Crippen LogP contribution < -0.4 is 5.43 Å². The number of rotatable bonds is 3. The Morgan fingerprint density at radius 3 is 2.58 bits per heavy atom. The lowest BCUT2D eigenvalue weighted by Crippen LogP contribution is -2.01. The first kappa shape index (κ1) is 13.1. The number of nitrogens with one attached hydrogen (secondary N) is 1. The Bertz CT molecular complexity index is 618. The third-order valence-corrected chi connectivity index (χ3v) is 3.03. The number of hydrazone groups is 1. The largest absolute Gasteiger partial charge is 0.507 e. The van der Waals surface area contributed by atoms with Crippen molar-refractivity contribution in [3.63, 3.8) is 0 Å². The second-order valence-electron chi connectivity index (χ2n) is 4.64. The fourth-order valence-corrected chi connectivity index (χ4v) is 1.84. The molecule has 0 heterocycles. The van der Waals surface area contributed by atoms with Gasteiger partial charge in [-0.15, -0.1) is 0 Å². The lowest BCUT2D eigenvalue weighted by molar-refractivity contribution is 0.474. The molecule has 0 bridgehead atoms. The first-order valence-corrected chi connectivity index (χ1v) is 6.24. The summed E-state index contributed by atoms with van der Waals surface area (Å²) in [5, 5.41) is 14.2. The van der Waals surface area contributed by atoms with Gasteiger partial charge < -0.3 is 5.11 Å². The summed E-state index contributed by atoms with van der Waals surface area (Å²) in [7, 11) is 0. The molecule has 0 saturated carbocycles.